The number of nitrogens with one attached hydrogen (secondary N) is 3. The maximum absolute atomic E-state index is 14.5. The number of hydrogen-bond acceptors (Lipinski definition) is 12. The summed E-state index contributed by atoms with van der Waals surface area (Å²) in [6.45, 7) is 12.9. The van der Waals surface area contributed by atoms with E-state index in [1.807, 2.05) is 48.2 Å². The Balaban J connectivity index is 1.00. The molecule has 1 amide bonds. The Hall–Kier alpha value is -5.68. The molecule has 0 saturated carbocycles. The van der Waals surface area contributed by atoms with Crippen LogP contribution in [0.25, 0.3) is 16.6 Å². The van der Waals surface area contributed by atoms with Gasteiger partial charge in [-0.15, -0.1) is 0 Å². The number of allylic oxidation sites excluding steroid dienone is 1. The second-order valence-electron chi connectivity index (χ2n) is 18.8. The zero-order valence-electron chi connectivity index (χ0n) is 37.6. The van der Waals surface area contributed by atoms with Gasteiger partial charge in [-0.25, -0.2) is 13.1 Å². The van der Waals surface area contributed by atoms with Crippen molar-refractivity contribution in [2.45, 2.75) is 70.2 Å². The van der Waals surface area contributed by atoms with Gasteiger partial charge >= 0.3 is 0 Å². The third kappa shape index (κ3) is 9.87. The van der Waals surface area contributed by atoms with Crippen LogP contribution < -0.4 is 24.6 Å². The Morgan fingerprint density at radius 2 is 1.74 bits per heavy atom. The molecule has 2 aromatic heterocycles. The number of anilines is 4. The van der Waals surface area contributed by atoms with Crippen LogP contribution in [0.3, 0.4) is 0 Å². The number of pyridine rings is 1. The van der Waals surface area contributed by atoms with Crippen LogP contribution in [0.1, 0.15) is 75.2 Å². The molecule has 5 heterocycles. The third-order valence-electron chi connectivity index (χ3n) is 13.6. The van der Waals surface area contributed by atoms with Crippen molar-refractivity contribution in [3.05, 3.63) is 111 Å². The van der Waals surface area contributed by atoms with E-state index in [0.29, 0.717) is 55.7 Å². The Bertz CT molecular complexity index is 2760. The fourth-order valence-electron chi connectivity index (χ4n) is 9.72. The number of rotatable bonds is 12. The number of fused-ring (bicyclic) bond motifs is 2. The summed E-state index contributed by atoms with van der Waals surface area (Å²) in [6.07, 6.45) is 7.25. The van der Waals surface area contributed by atoms with E-state index in [9.17, 15) is 23.3 Å². The number of aromatic amines is 1. The highest BCUT2D eigenvalue weighted by molar-refractivity contribution is 7.90. The van der Waals surface area contributed by atoms with Crippen LogP contribution >= 0.6 is 11.6 Å². The van der Waals surface area contributed by atoms with Crippen molar-refractivity contribution < 1.29 is 27.6 Å². The lowest BCUT2D eigenvalue weighted by Crippen LogP contribution is -2.47. The largest absolute Gasteiger partial charge is 0.476 e. The molecule has 0 bridgehead atoms. The van der Waals surface area contributed by atoms with E-state index in [1.165, 1.54) is 28.8 Å². The van der Waals surface area contributed by atoms with Crippen molar-refractivity contribution in [1.82, 2.24) is 19.6 Å². The first-order valence-corrected chi connectivity index (χ1v) is 24.7. The molecular weight excluding hydrogens is 880 g/mol. The van der Waals surface area contributed by atoms with Crippen LogP contribution in [0.2, 0.25) is 5.02 Å². The molecule has 3 aliphatic heterocycles. The molecule has 66 heavy (non-hydrogen) atoms. The highest BCUT2D eigenvalue weighted by Crippen LogP contribution is 2.45. The standard InChI is InChI=1S/C49H57ClN8O7S/c1-32-14-25-65-48-45(26-35-13-18-51-46(35)53-48)57(32)43-27-38(56-21-19-55(20-22-56)31-36-12-17-49(2,3)29-41(36)34-4-6-37(50)7-5-34)8-10-40(43)47(59)54-66(62,63)39-9-11-42(44(28-39)58(60)61)52-30-33-15-23-64-24-16-33/h4-11,13,18,26-28,32-33,52H,12,14-17,19-25,29-31H2,1-3H3,(H,51,53)(H,54,59)/t32-/m0/s1. The zero-order chi connectivity index (χ0) is 46.2. The Kier molecular flexibility index (Phi) is 13.0. The Morgan fingerprint density at radius 1 is 0.970 bits per heavy atom. The maximum atomic E-state index is 14.5. The molecule has 348 valence electrons. The summed E-state index contributed by atoms with van der Waals surface area (Å²) in [4.78, 5) is 40.5. The molecule has 3 aromatic carbocycles. The number of nitrogens with zero attached hydrogens (tertiary/aromatic N) is 5. The molecule has 0 spiro atoms. The van der Waals surface area contributed by atoms with Gasteiger partial charge in [0.15, 0.2) is 0 Å². The first-order valence-electron chi connectivity index (χ1n) is 22.9. The molecule has 0 radical (unpaired) electrons. The molecule has 1 atom stereocenters. The maximum Gasteiger partial charge on any atom is 0.293 e. The Morgan fingerprint density at radius 3 is 2.50 bits per heavy atom. The molecule has 0 unspecified atom stereocenters. The predicted octanol–water partition coefficient (Wildman–Crippen LogP) is 9.18. The molecule has 2 fully saturated rings. The number of halogens is 1. The number of sulfonamides is 1. The fraction of sp³-hybridized carbons (Fsp3) is 0.429. The molecule has 17 heteroatoms. The van der Waals surface area contributed by atoms with Gasteiger partial charge in [0.2, 0.25) is 5.88 Å². The number of nitro groups is 1. The molecule has 2 saturated heterocycles. The fourth-order valence-corrected chi connectivity index (χ4v) is 10.8. The number of carbonyl (C=O) groups is 1. The average Bonchev–Trinajstić information content (AvgIpc) is 3.70. The first-order chi connectivity index (χ1) is 31.7. The number of hydrogen-bond donors (Lipinski definition) is 3. The summed E-state index contributed by atoms with van der Waals surface area (Å²) in [6, 6.07) is 21.1. The van der Waals surface area contributed by atoms with Crippen molar-refractivity contribution in [2.75, 3.05) is 74.2 Å². The summed E-state index contributed by atoms with van der Waals surface area (Å²) in [5.41, 5.74) is 6.94. The number of piperazine rings is 1. The summed E-state index contributed by atoms with van der Waals surface area (Å²) in [5, 5.41) is 16.9. The van der Waals surface area contributed by atoms with Crippen molar-refractivity contribution >= 4 is 72.6 Å². The number of nitro benzene ring substituents is 1. The van der Waals surface area contributed by atoms with Gasteiger partial charge < -0.3 is 29.6 Å². The number of amides is 1. The van der Waals surface area contributed by atoms with Crippen molar-refractivity contribution in [3.8, 4) is 5.88 Å². The first kappa shape index (κ1) is 45.5. The number of ether oxygens (including phenoxy) is 2. The highest BCUT2D eigenvalue weighted by Gasteiger charge is 2.33. The van der Waals surface area contributed by atoms with Gasteiger partial charge in [-0.1, -0.05) is 43.2 Å². The van der Waals surface area contributed by atoms with E-state index in [4.69, 9.17) is 26.1 Å². The highest BCUT2D eigenvalue weighted by atomic mass is 35.5. The van der Waals surface area contributed by atoms with Crippen molar-refractivity contribution in [1.29, 1.82) is 0 Å². The normalized spacial score (nSPS) is 19.5. The van der Waals surface area contributed by atoms with Crippen LogP contribution in [0.15, 0.2) is 89.5 Å². The second-order valence-corrected chi connectivity index (χ2v) is 20.9. The summed E-state index contributed by atoms with van der Waals surface area (Å²) >= 11 is 6.28. The Labute approximate surface area is 390 Å². The van der Waals surface area contributed by atoms with Gasteiger partial charge in [0, 0.05) is 93.3 Å². The van der Waals surface area contributed by atoms with E-state index < -0.39 is 31.4 Å². The quantitative estimate of drug-likeness (QED) is 0.0801. The minimum atomic E-state index is -4.58. The lowest BCUT2D eigenvalue weighted by Gasteiger charge is -2.40. The smallest absolute Gasteiger partial charge is 0.293 e. The van der Waals surface area contributed by atoms with Crippen LogP contribution in [-0.2, 0) is 14.8 Å². The lowest BCUT2D eigenvalue weighted by atomic mass is 9.72. The van der Waals surface area contributed by atoms with E-state index in [0.717, 1.165) is 87.0 Å². The number of H-pyrrole nitrogens is 1. The molecule has 9 rings (SSSR count). The van der Waals surface area contributed by atoms with Gasteiger partial charge in [-0.3, -0.25) is 19.8 Å². The van der Waals surface area contributed by atoms with Gasteiger partial charge in [-0.05, 0) is 116 Å². The van der Waals surface area contributed by atoms with Gasteiger partial charge in [-0.2, -0.15) is 4.98 Å². The SMILES string of the molecule is C[C@H]1CCOc2nc3[nH]ccc3cc2N1c1cc(N2CCN(CC3=C(c4ccc(Cl)cc4)CC(C)(C)CC3)CC2)ccc1C(=O)NS(=O)(=O)c1ccc(NCC2CCOCC2)c([N+](=O)[O-])c1. The predicted molar refractivity (Wildman–Crippen MR) is 259 cm³/mol. The van der Waals surface area contributed by atoms with E-state index in [2.05, 4.69) is 50.8 Å². The van der Waals surface area contributed by atoms with Crippen LogP contribution in [0, 0.1) is 21.4 Å². The second kappa shape index (κ2) is 18.9. The number of carbonyl (C=O) groups excluding carboxylic acids is 1. The van der Waals surface area contributed by atoms with Crippen molar-refractivity contribution in [3.63, 3.8) is 0 Å². The van der Waals surface area contributed by atoms with Gasteiger partial charge in [0.1, 0.15) is 17.0 Å². The average molecular weight is 938 g/mol. The van der Waals surface area contributed by atoms with Crippen LogP contribution in [-0.4, -0.2) is 99.2 Å². The van der Waals surface area contributed by atoms with Crippen LogP contribution in [0.4, 0.5) is 28.4 Å². The summed E-state index contributed by atoms with van der Waals surface area (Å²) in [7, 11) is -4.58. The zero-order valence-corrected chi connectivity index (χ0v) is 39.2. The molecule has 5 aromatic rings. The monoisotopic (exact) mass is 936 g/mol. The minimum absolute atomic E-state index is 0.112. The molecule has 1 aliphatic carbocycles. The van der Waals surface area contributed by atoms with E-state index >= 15 is 0 Å². The molecule has 4 aliphatic rings. The van der Waals surface area contributed by atoms with Crippen LogP contribution in [0.5, 0.6) is 5.88 Å². The van der Waals surface area contributed by atoms with E-state index in [1.54, 1.807) is 12.3 Å². The summed E-state index contributed by atoms with van der Waals surface area (Å²) in [5.74, 6) is -0.210. The van der Waals surface area contributed by atoms with Gasteiger partial charge in [0.05, 0.1) is 27.7 Å². The van der Waals surface area contributed by atoms with E-state index in [-0.39, 0.29) is 28.6 Å². The number of aromatic nitrogens is 2. The summed E-state index contributed by atoms with van der Waals surface area (Å²) < 4.78 is 41.9. The third-order valence-corrected chi connectivity index (χ3v) is 15.2. The molecular formula is C49H57ClN8O7S. The van der Waals surface area contributed by atoms with Gasteiger partial charge in [0.25, 0.3) is 21.6 Å². The van der Waals surface area contributed by atoms with Crippen molar-refractivity contribution in [2.24, 2.45) is 11.3 Å². The molecule has 3 N–H and O–H groups in total. The topological polar surface area (TPSA) is 175 Å². The minimum Gasteiger partial charge on any atom is -0.476 e. The lowest BCUT2D eigenvalue weighted by molar-refractivity contribution is -0.384. The number of benzene rings is 3. The molecule has 15 nitrogen and oxygen atoms in total.